The van der Waals surface area contributed by atoms with Gasteiger partial charge in [-0.2, -0.15) is 0 Å². The summed E-state index contributed by atoms with van der Waals surface area (Å²) in [6, 6.07) is 0. The summed E-state index contributed by atoms with van der Waals surface area (Å²) in [6.45, 7) is 15.0. The van der Waals surface area contributed by atoms with Crippen LogP contribution >= 0.6 is 0 Å². The van der Waals surface area contributed by atoms with Crippen molar-refractivity contribution in [1.82, 2.24) is 4.90 Å². The van der Waals surface area contributed by atoms with Crippen molar-refractivity contribution in [1.29, 1.82) is 0 Å². The Hall–Kier alpha value is -1.14. The molecule has 0 aromatic carbocycles. The average Bonchev–Trinajstić information content (AvgIpc) is 3.14. The van der Waals surface area contributed by atoms with Crippen LogP contribution in [0.2, 0.25) is 0 Å². The minimum atomic E-state index is -0.0289. The molecule has 0 fully saturated rings. The van der Waals surface area contributed by atoms with Crippen LogP contribution in [0.5, 0.6) is 0 Å². The summed E-state index contributed by atoms with van der Waals surface area (Å²) in [5.41, 5.74) is 0. The Labute approximate surface area is 331 Å². The van der Waals surface area contributed by atoms with Crippen molar-refractivity contribution in [2.24, 2.45) is 11.8 Å². The van der Waals surface area contributed by atoms with Crippen LogP contribution < -0.4 is 0 Å². The molecule has 53 heavy (non-hydrogen) atoms. The molecule has 0 heterocycles. The third-order valence-corrected chi connectivity index (χ3v) is 11.3. The van der Waals surface area contributed by atoms with Gasteiger partial charge in [0, 0.05) is 19.4 Å². The maximum atomic E-state index is 12.7. The maximum absolute atomic E-state index is 12.7. The molecule has 1 N–H and O–H groups in total. The van der Waals surface area contributed by atoms with Gasteiger partial charge in [0.15, 0.2) is 0 Å². The Morgan fingerprint density at radius 1 is 0.491 bits per heavy atom. The number of hydrogen-bond acceptors (Lipinski definition) is 6. The molecule has 0 amide bonds. The van der Waals surface area contributed by atoms with Crippen LogP contribution in [0, 0.1) is 11.8 Å². The summed E-state index contributed by atoms with van der Waals surface area (Å²) in [5.74, 6) is 1.29. The zero-order valence-corrected chi connectivity index (χ0v) is 36.4. The third-order valence-electron chi connectivity index (χ3n) is 11.3. The van der Waals surface area contributed by atoms with Gasteiger partial charge in [0.1, 0.15) is 6.10 Å². The second kappa shape index (κ2) is 40.5. The summed E-state index contributed by atoms with van der Waals surface area (Å²) in [7, 11) is 0. The molecule has 0 spiro atoms. The molecule has 1 atom stereocenters. The highest BCUT2D eigenvalue weighted by atomic mass is 16.5. The summed E-state index contributed by atoms with van der Waals surface area (Å²) in [6.07, 6.45) is 37.0. The van der Waals surface area contributed by atoms with Gasteiger partial charge in [-0.25, -0.2) is 0 Å². The van der Waals surface area contributed by atoms with Crippen molar-refractivity contribution in [2.75, 3.05) is 32.8 Å². The summed E-state index contributed by atoms with van der Waals surface area (Å²) in [4.78, 5) is 27.4. The van der Waals surface area contributed by atoms with Crippen molar-refractivity contribution in [2.45, 2.75) is 246 Å². The predicted molar refractivity (Wildman–Crippen MR) is 227 cm³/mol. The molecule has 6 heteroatoms. The molecule has 0 aliphatic heterocycles. The molecule has 0 aromatic rings. The Kier molecular flexibility index (Phi) is 39.6. The van der Waals surface area contributed by atoms with Crippen LogP contribution in [0.1, 0.15) is 240 Å². The van der Waals surface area contributed by atoms with Crippen molar-refractivity contribution < 1.29 is 24.2 Å². The molecule has 0 aliphatic carbocycles. The second-order valence-electron chi connectivity index (χ2n) is 16.7. The normalized spacial score (nSPS) is 12.3. The number of hydrogen-bond donors (Lipinski definition) is 1. The lowest BCUT2D eigenvalue weighted by Gasteiger charge is -2.21. The first-order valence-corrected chi connectivity index (χ1v) is 23.6. The summed E-state index contributed by atoms with van der Waals surface area (Å²) in [5, 5.41) is 9.58. The number of carbonyl (C=O) groups excluding carboxylic acids is 2. The highest BCUT2D eigenvalue weighted by Gasteiger charge is 2.16. The fourth-order valence-electron chi connectivity index (χ4n) is 7.60. The number of carbonyl (C=O) groups is 2. The number of aliphatic hydroxyl groups is 1. The molecule has 0 bridgehead atoms. The van der Waals surface area contributed by atoms with E-state index in [-0.39, 0.29) is 24.6 Å². The minimum absolute atomic E-state index is 0.0135. The summed E-state index contributed by atoms with van der Waals surface area (Å²) < 4.78 is 11.6. The SMILES string of the molecule is CCCCCCCCC(CCCCCCCC)OC(=O)CCCCCCCN(CCO)CCCCCCCC(=O)OCCC(CCCCCC)C(C)C. The van der Waals surface area contributed by atoms with Gasteiger partial charge in [0.05, 0.1) is 13.2 Å². The van der Waals surface area contributed by atoms with Gasteiger partial charge >= 0.3 is 11.9 Å². The molecule has 0 radical (unpaired) electrons. The van der Waals surface area contributed by atoms with E-state index in [0.717, 1.165) is 90.3 Å². The van der Waals surface area contributed by atoms with Crippen molar-refractivity contribution in [3.63, 3.8) is 0 Å². The van der Waals surface area contributed by atoms with Gasteiger partial charge in [-0.15, -0.1) is 0 Å². The van der Waals surface area contributed by atoms with Crippen molar-refractivity contribution >= 4 is 11.9 Å². The number of unbranched alkanes of at least 4 members (excludes halogenated alkanes) is 21. The topological polar surface area (TPSA) is 76.1 Å². The lowest BCUT2D eigenvalue weighted by molar-refractivity contribution is -0.150. The van der Waals surface area contributed by atoms with E-state index in [1.165, 1.54) is 122 Å². The third kappa shape index (κ3) is 36.3. The van der Waals surface area contributed by atoms with Crippen LogP contribution in [0.25, 0.3) is 0 Å². The number of ether oxygens (including phenoxy) is 2. The Bertz CT molecular complexity index is 758. The second-order valence-corrected chi connectivity index (χ2v) is 16.7. The molecule has 0 saturated heterocycles. The molecule has 0 saturated carbocycles. The minimum Gasteiger partial charge on any atom is -0.466 e. The van der Waals surface area contributed by atoms with Crippen molar-refractivity contribution in [3.05, 3.63) is 0 Å². The Morgan fingerprint density at radius 2 is 0.906 bits per heavy atom. The van der Waals surface area contributed by atoms with E-state index < -0.39 is 0 Å². The van der Waals surface area contributed by atoms with Crippen LogP contribution in [-0.4, -0.2) is 60.9 Å². The molecule has 0 rings (SSSR count). The molecular weight excluding hydrogens is 659 g/mol. The first-order valence-electron chi connectivity index (χ1n) is 23.6. The van der Waals surface area contributed by atoms with E-state index in [0.29, 0.717) is 31.3 Å². The van der Waals surface area contributed by atoms with E-state index in [9.17, 15) is 14.7 Å². The van der Waals surface area contributed by atoms with Gasteiger partial charge < -0.3 is 19.5 Å². The lowest BCUT2D eigenvalue weighted by Crippen LogP contribution is -2.29. The standard InChI is InChI=1S/C47H93NO5/c1-6-9-12-15-19-26-33-45(34-27-20-16-13-10-7-2)53-47(51)36-29-22-18-24-31-39-48(40-41-49)38-30-23-17-21-28-35-46(50)52-42-37-44(43(4)5)32-25-14-11-8-3/h43-45,49H,6-42H2,1-5H3. The van der Waals surface area contributed by atoms with E-state index in [4.69, 9.17) is 9.47 Å². The Balaban J connectivity index is 4.04. The molecule has 0 aromatic heterocycles. The summed E-state index contributed by atoms with van der Waals surface area (Å²) >= 11 is 0. The van der Waals surface area contributed by atoms with Crippen LogP contribution in [0.15, 0.2) is 0 Å². The average molecular weight is 752 g/mol. The van der Waals surface area contributed by atoms with E-state index >= 15 is 0 Å². The fourth-order valence-corrected chi connectivity index (χ4v) is 7.60. The van der Waals surface area contributed by atoms with Gasteiger partial charge in [-0.05, 0) is 82.7 Å². The number of rotatable bonds is 42. The van der Waals surface area contributed by atoms with Crippen LogP contribution in [0.3, 0.4) is 0 Å². The maximum Gasteiger partial charge on any atom is 0.306 e. The molecule has 316 valence electrons. The van der Waals surface area contributed by atoms with Crippen LogP contribution in [-0.2, 0) is 19.1 Å². The monoisotopic (exact) mass is 752 g/mol. The van der Waals surface area contributed by atoms with Gasteiger partial charge in [-0.3, -0.25) is 9.59 Å². The molecule has 6 nitrogen and oxygen atoms in total. The smallest absolute Gasteiger partial charge is 0.306 e. The quantitative estimate of drug-likeness (QED) is 0.0494. The largest absolute Gasteiger partial charge is 0.466 e. The van der Waals surface area contributed by atoms with E-state index in [1.807, 2.05) is 0 Å². The fraction of sp³-hybridized carbons (Fsp3) is 0.957. The zero-order valence-electron chi connectivity index (χ0n) is 36.4. The molecular formula is C47H93NO5. The highest BCUT2D eigenvalue weighted by molar-refractivity contribution is 5.69. The highest BCUT2D eigenvalue weighted by Crippen LogP contribution is 2.23. The Morgan fingerprint density at radius 3 is 1.40 bits per heavy atom. The number of aliphatic hydroxyl groups excluding tert-OH is 1. The zero-order chi connectivity index (χ0) is 39.0. The number of nitrogens with zero attached hydrogens (tertiary/aromatic N) is 1. The number of esters is 2. The first-order chi connectivity index (χ1) is 25.9. The van der Waals surface area contributed by atoms with Gasteiger partial charge in [0.2, 0.25) is 0 Å². The van der Waals surface area contributed by atoms with E-state index in [2.05, 4.69) is 39.5 Å². The molecule has 0 aliphatic rings. The van der Waals surface area contributed by atoms with Gasteiger partial charge in [0.25, 0.3) is 0 Å². The van der Waals surface area contributed by atoms with Crippen LogP contribution in [0.4, 0.5) is 0 Å². The molecule has 1 unspecified atom stereocenters. The first kappa shape index (κ1) is 51.9. The van der Waals surface area contributed by atoms with Gasteiger partial charge in [-0.1, -0.05) is 169 Å². The van der Waals surface area contributed by atoms with E-state index in [1.54, 1.807) is 0 Å². The lowest BCUT2D eigenvalue weighted by atomic mass is 9.88. The predicted octanol–water partition coefficient (Wildman–Crippen LogP) is 13.6. The van der Waals surface area contributed by atoms with Crippen molar-refractivity contribution in [3.8, 4) is 0 Å².